The normalized spacial score (nSPS) is 16.1. The van der Waals surface area contributed by atoms with Gasteiger partial charge in [0.15, 0.2) is 11.4 Å². The Bertz CT molecular complexity index is 883. The average Bonchev–Trinajstić information content (AvgIpc) is 3.16. The molecule has 132 valence electrons. The Labute approximate surface area is 145 Å². The van der Waals surface area contributed by atoms with Crippen LogP contribution in [0, 0.1) is 0 Å². The number of hydrogen-bond donors (Lipinski definition) is 1. The molecule has 25 heavy (non-hydrogen) atoms. The molecule has 0 radical (unpaired) electrons. The molecule has 0 spiro atoms. The molecule has 1 unspecified atom stereocenters. The monoisotopic (exact) mass is 342 g/mol. The first kappa shape index (κ1) is 15.9. The summed E-state index contributed by atoms with van der Waals surface area (Å²) in [5.41, 5.74) is 8.28. The minimum Gasteiger partial charge on any atom is -0.486 e. The van der Waals surface area contributed by atoms with Gasteiger partial charge in [-0.15, -0.1) is 5.10 Å². The molecule has 1 saturated carbocycles. The Kier molecular flexibility index (Phi) is 4.04. The highest BCUT2D eigenvalue weighted by molar-refractivity contribution is 5.77. The number of nitrogen functional groups attached to an aromatic ring is 1. The van der Waals surface area contributed by atoms with Gasteiger partial charge in [-0.05, 0) is 39.2 Å². The van der Waals surface area contributed by atoms with Crippen molar-refractivity contribution in [3.63, 3.8) is 0 Å². The maximum absolute atomic E-state index is 6.23. The van der Waals surface area contributed by atoms with Gasteiger partial charge in [-0.25, -0.2) is 9.20 Å². The van der Waals surface area contributed by atoms with Gasteiger partial charge >= 0.3 is 0 Å². The summed E-state index contributed by atoms with van der Waals surface area (Å²) in [4.78, 5) is 4.33. The molecule has 1 aliphatic carbocycles. The van der Waals surface area contributed by atoms with Gasteiger partial charge in [0.05, 0.1) is 12.3 Å². The number of nitrogens with two attached hydrogens (primary N) is 1. The number of anilines is 1. The zero-order chi connectivity index (χ0) is 17.4. The van der Waals surface area contributed by atoms with Crippen molar-refractivity contribution in [3.05, 3.63) is 24.7 Å². The van der Waals surface area contributed by atoms with Gasteiger partial charge in [0.2, 0.25) is 5.95 Å². The highest BCUT2D eigenvalue weighted by Crippen LogP contribution is 2.36. The molecule has 0 saturated heterocycles. The van der Waals surface area contributed by atoms with Crippen LogP contribution in [0.15, 0.2) is 24.7 Å². The summed E-state index contributed by atoms with van der Waals surface area (Å²) in [6.45, 7) is 4.57. The second-order valence-electron chi connectivity index (χ2n) is 6.23. The van der Waals surface area contributed by atoms with Crippen LogP contribution in [0.4, 0.5) is 5.95 Å². The maximum Gasteiger partial charge on any atom is 0.240 e. The van der Waals surface area contributed by atoms with Crippen molar-refractivity contribution in [2.75, 3.05) is 12.3 Å². The molecule has 8 heteroatoms. The lowest BCUT2D eigenvalue weighted by Gasteiger charge is -2.27. The summed E-state index contributed by atoms with van der Waals surface area (Å²) >= 11 is 0. The Morgan fingerprint density at radius 1 is 1.40 bits per heavy atom. The first-order valence-corrected chi connectivity index (χ1v) is 8.63. The van der Waals surface area contributed by atoms with E-state index in [1.807, 2.05) is 38.5 Å². The topological polar surface area (TPSA) is 92.5 Å². The summed E-state index contributed by atoms with van der Waals surface area (Å²) in [5.74, 6) is 0.941. The summed E-state index contributed by atoms with van der Waals surface area (Å²) in [7, 11) is 0. The Morgan fingerprint density at radius 3 is 2.96 bits per heavy atom. The molecule has 1 aliphatic rings. The number of pyridine rings is 1. The molecule has 3 aromatic heterocycles. The van der Waals surface area contributed by atoms with Crippen LogP contribution >= 0.6 is 0 Å². The van der Waals surface area contributed by atoms with Gasteiger partial charge in [0.1, 0.15) is 6.23 Å². The van der Waals surface area contributed by atoms with Crippen molar-refractivity contribution in [2.45, 2.75) is 45.4 Å². The maximum atomic E-state index is 6.23. The van der Waals surface area contributed by atoms with Crippen LogP contribution in [0.3, 0.4) is 0 Å². The van der Waals surface area contributed by atoms with Crippen LogP contribution in [-0.4, -0.2) is 37.1 Å². The van der Waals surface area contributed by atoms with E-state index in [2.05, 4.69) is 15.2 Å². The van der Waals surface area contributed by atoms with Gasteiger partial charge in [0, 0.05) is 30.1 Å². The zero-order valence-electron chi connectivity index (χ0n) is 14.4. The van der Waals surface area contributed by atoms with Crippen LogP contribution in [-0.2, 0) is 4.74 Å². The van der Waals surface area contributed by atoms with Gasteiger partial charge in [-0.1, -0.05) is 0 Å². The smallest absolute Gasteiger partial charge is 0.240 e. The molecule has 1 atom stereocenters. The van der Waals surface area contributed by atoms with Crippen LogP contribution in [0.1, 0.15) is 39.3 Å². The van der Waals surface area contributed by atoms with Gasteiger partial charge in [0.25, 0.3) is 0 Å². The molecule has 0 aromatic carbocycles. The lowest BCUT2D eigenvalue weighted by Crippen LogP contribution is -2.25. The molecule has 8 nitrogen and oxygen atoms in total. The number of ether oxygens (including phenoxy) is 2. The van der Waals surface area contributed by atoms with Crippen molar-refractivity contribution < 1.29 is 9.47 Å². The predicted molar refractivity (Wildman–Crippen MR) is 93.2 cm³/mol. The van der Waals surface area contributed by atoms with E-state index in [0.29, 0.717) is 18.0 Å². The van der Waals surface area contributed by atoms with E-state index in [-0.39, 0.29) is 18.3 Å². The van der Waals surface area contributed by atoms with Crippen LogP contribution < -0.4 is 10.5 Å². The number of rotatable bonds is 6. The summed E-state index contributed by atoms with van der Waals surface area (Å²) in [5, 5.41) is 8.60. The third kappa shape index (κ3) is 2.93. The fourth-order valence-corrected chi connectivity index (χ4v) is 2.93. The Balaban J connectivity index is 1.76. The third-order valence-corrected chi connectivity index (χ3v) is 4.51. The van der Waals surface area contributed by atoms with Crippen LogP contribution in [0.5, 0.6) is 5.75 Å². The average molecular weight is 342 g/mol. The molecule has 0 bridgehead atoms. The highest BCUT2D eigenvalue weighted by Gasteiger charge is 2.24. The molecule has 0 aliphatic heterocycles. The Hall–Kier alpha value is -2.61. The molecule has 1 fully saturated rings. The van der Waals surface area contributed by atoms with Crippen LogP contribution in [0.2, 0.25) is 0 Å². The quantitative estimate of drug-likeness (QED) is 0.740. The first-order chi connectivity index (χ1) is 12.2. The lowest BCUT2D eigenvalue weighted by molar-refractivity contribution is 0.0160. The van der Waals surface area contributed by atoms with E-state index < -0.39 is 0 Å². The summed E-state index contributed by atoms with van der Waals surface area (Å²) in [6, 6.07) is 1.96. The molecule has 3 heterocycles. The van der Waals surface area contributed by atoms with Crippen molar-refractivity contribution in [2.24, 2.45) is 0 Å². The molecular formula is C17H22N6O2. The molecule has 4 rings (SSSR count). The number of aromatic nitrogens is 5. The largest absolute Gasteiger partial charge is 0.486 e. The van der Waals surface area contributed by atoms with E-state index in [0.717, 1.165) is 24.0 Å². The van der Waals surface area contributed by atoms with Gasteiger partial charge in [-0.3, -0.25) is 0 Å². The molecule has 3 aromatic rings. The second kappa shape index (κ2) is 6.36. The van der Waals surface area contributed by atoms with E-state index >= 15 is 0 Å². The third-order valence-electron chi connectivity index (χ3n) is 4.51. The Morgan fingerprint density at radius 2 is 2.24 bits per heavy atom. The fourth-order valence-electron chi connectivity index (χ4n) is 2.93. The van der Waals surface area contributed by atoms with Gasteiger partial charge in [-0.2, -0.15) is 10.1 Å². The molecule has 2 N–H and O–H groups in total. The number of nitrogens with zero attached hydrogens (tertiary/aromatic N) is 5. The number of hydrogen-bond acceptors (Lipinski definition) is 6. The lowest BCUT2D eigenvalue weighted by atomic mass is 9.96. The standard InChI is InChI=1S/C17H22N6O2/c1-3-24-11(2)23-10-12(9-19-23)14-7-8-22-16(20-17(18)21-22)15(14)25-13-5-4-6-13/h7-11,13H,3-6H2,1-2H3,(H2,18,21). The highest BCUT2D eigenvalue weighted by atomic mass is 16.5. The fraction of sp³-hybridized carbons (Fsp3) is 0.471. The van der Waals surface area contributed by atoms with Gasteiger partial charge < -0.3 is 15.2 Å². The number of fused-ring (bicyclic) bond motifs is 1. The van der Waals surface area contributed by atoms with E-state index in [1.165, 1.54) is 6.42 Å². The SMILES string of the molecule is CCOC(C)n1cc(-c2ccn3nc(N)nc3c2OC2CCC2)cn1. The minimum absolute atomic E-state index is 0.123. The summed E-state index contributed by atoms with van der Waals surface area (Å²) < 4.78 is 15.3. The van der Waals surface area contributed by atoms with E-state index in [4.69, 9.17) is 15.2 Å². The summed E-state index contributed by atoms with van der Waals surface area (Å²) in [6.07, 6.45) is 9.03. The molecular weight excluding hydrogens is 320 g/mol. The minimum atomic E-state index is -0.123. The van der Waals surface area contributed by atoms with Crippen molar-refractivity contribution >= 4 is 11.6 Å². The van der Waals surface area contributed by atoms with Crippen molar-refractivity contribution in [1.82, 2.24) is 24.4 Å². The van der Waals surface area contributed by atoms with Crippen molar-refractivity contribution in [3.8, 4) is 16.9 Å². The zero-order valence-corrected chi connectivity index (χ0v) is 14.4. The van der Waals surface area contributed by atoms with Crippen LogP contribution in [0.25, 0.3) is 16.8 Å². The second-order valence-corrected chi connectivity index (χ2v) is 6.23. The molecule has 0 amide bonds. The first-order valence-electron chi connectivity index (χ1n) is 8.63. The van der Waals surface area contributed by atoms with Crippen molar-refractivity contribution in [1.29, 1.82) is 0 Å². The predicted octanol–water partition coefficient (Wildman–Crippen LogP) is 2.66. The van der Waals surface area contributed by atoms with E-state index in [1.54, 1.807) is 9.20 Å². The van der Waals surface area contributed by atoms with E-state index in [9.17, 15) is 0 Å².